The Bertz CT molecular complexity index is 1850. The number of nitrogens with two attached hydrogens (primary N) is 1. The molecule has 1 aliphatic carbocycles. The van der Waals surface area contributed by atoms with Gasteiger partial charge in [-0.2, -0.15) is 0 Å². The molecule has 0 spiro atoms. The molecule has 284 valence electrons. The van der Waals surface area contributed by atoms with E-state index < -0.39 is 115 Å². The van der Waals surface area contributed by atoms with E-state index in [1.54, 1.807) is 0 Å². The van der Waals surface area contributed by atoms with Gasteiger partial charge >= 0.3 is 0 Å². The predicted octanol–water partition coefficient (Wildman–Crippen LogP) is 1.47. The van der Waals surface area contributed by atoms with Crippen LogP contribution in [0.3, 0.4) is 0 Å². The number of ketones is 1. The average Bonchev–Trinajstić information content (AvgIpc) is 3.75. The zero-order valence-corrected chi connectivity index (χ0v) is 30.3. The summed E-state index contributed by atoms with van der Waals surface area (Å²) >= 11 is 5.68. The Kier molecular flexibility index (Phi) is 11.4. The molecule has 3 atom stereocenters. The number of likely N-dealkylation sites (tertiary alicyclic amines) is 1. The van der Waals surface area contributed by atoms with Gasteiger partial charge in [0.2, 0.25) is 17.6 Å². The molecule has 1 aromatic heterocycles. The lowest BCUT2D eigenvalue weighted by molar-refractivity contribution is -0.145. The van der Waals surface area contributed by atoms with Crippen molar-refractivity contribution in [2.24, 2.45) is 11.7 Å². The van der Waals surface area contributed by atoms with Gasteiger partial charge in [0.1, 0.15) is 34.9 Å². The third-order valence-electron chi connectivity index (χ3n) is 10.3. The second-order valence-electron chi connectivity index (χ2n) is 14.4. The van der Waals surface area contributed by atoms with Crippen molar-refractivity contribution in [2.75, 3.05) is 18.1 Å². The molecule has 2 saturated heterocycles. The maximum Gasteiger partial charge on any atom is 0.287 e. The number of sulfone groups is 1. The molecule has 0 radical (unpaired) electrons. The number of carbonyl (C=O) groups is 5. The van der Waals surface area contributed by atoms with E-state index >= 15 is 0 Å². The fraction of sp³-hybridized carbons (Fsp3) is 0.606. The maximum atomic E-state index is 14.8. The monoisotopic (exact) mass is 769 g/mol. The van der Waals surface area contributed by atoms with Gasteiger partial charge in [0.15, 0.2) is 9.84 Å². The summed E-state index contributed by atoms with van der Waals surface area (Å²) in [5, 5.41) is 23.4. The number of primary amides is 1. The van der Waals surface area contributed by atoms with Gasteiger partial charge in [0.25, 0.3) is 11.8 Å². The molecule has 3 fully saturated rings. The number of rotatable bonds is 11. The zero-order chi connectivity index (χ0) is 38.2. The summed E-state index contributed by atoms with van der Waals surface area (Å²) in [6, 6.07) is -2.20. The maximum absolute atomic E-state index is 14.8. The van der Waals surface area contributed by atoms with E-state index in [-0.39, 0.29) is 31.0 Å². The first-order valence-electron chi connectivity index (χ1n) is 17.1. The highest BCUT2D eigenvalue weighted by Gasteiger charge is 2.51. The highest BCUT2D eigenvalue weighted by Crippen LogP contribution is 2.35. The van der Waals surface area contributed by atoms with Gasteiger partial charge in [-0.05, 0) is 51.2 Å². The Morgan fingerprint density at radius 3 is 2.37 bits per heavy atom. The number of amides is 4. The molecule has 0 bridgehead atoms. The van der Waals surface area contributed by atoms with E-state index in [0.29, 0.717) is 12.1 Å². The van der Waals surface area contributed by atoms with Crippen molar-refractivity contribution >= 4 is 50.9 Å². The van der Waals surface area contributed by atoms with Crippen LogP contribution in [0.5, 0.6) is 0 Å². The van der Waals surface area contributed by atoms with Gasteiger partial charge in [0.05, 0.1) is 40.0 Å². The standard InChI is InChI=1S/C33H42ClF2N7O8S/c1-32(2,49)26-16-38-41-43(26)19-13-25(30(47)40-33(27(44)28(37)45)8-10-52(50,51)11-9-33)42(17-19)31(48)24(12-18-6-4-3-5-7-18)39-29(46)20-14-23(36)21(34)15-22(20)35/h14-16,18-19,24-25,49H,3-13,17H2,1-2H3,(H2,37,45)(H,39,46)(H,40,47)/t19?,24-,25?/m1/s1. The van der Waals surface area contributed by atoms with Crippen molar-refractivity contribution in [3.63, 3.8) is 0 Å². The van der Waals surface area contributed by atoms with E-state index in [1.165, 1.54) is 29.6 Å². The van der Waals surface area contributed by atoms with E-state index in [9.17, 15) is 46.3 Å². The summed E-state index contributed by atoms with van der Waals surface area (Å²) in [6.07, 6.45) is 4.68. The number of carbonyl (C=O) groups excluding carboxylic acids is 5. The lowest BCUT2D eigenvalue weighted by Crippen LogP contribution is -2.64. The Labute approximate surface area is 303 Å². The van der Waals surface area contributed by atoms with Crippen LogP contribution in [0, 0.1) is 17.6 Å². The molecule has 19 heteroatoms. The number of halogens is 3. The number of Topliss-reactive ketones (excluding diaryl/α,β-unsaturated/α-hetero) is 1. The highest BCUT2D eigenvalue weighted by atomic mass is 35.5. The van der Waals surface area contributed by atoms with Gasteiger partial charge in [-0.15, -0.1) is 5.10 Å². The smallest absolute Gasteiger partial charge is 0.287 e. The molecule has 15 nitrogen and oxygen atoms in total. The van der Waals surface area contributed by atoms with Crippen LogP contribution in [0.25, 0.3) is 0 Å². The van der Waals surface area contributed by atoms with Gasteiger partial charge < -0.3 is 26.4 Å². The van der Waals surface area contributed by atoms with E-state index in [0.717, 1.165) is 32.1 Å². The molecular formula is C33H42ClF2N7O8S. The minimum atomic E-state index is -3.58. The molecule has 52 heavy (non-hydrogen) atoms. The summed E-state index contributed by atoms with van der Waals surface area (Å²) < 4.78 is 55.1. The summed E-state index contributed by atoms with van der Waals surface area (Å²) in [6.45, 7) is 2.79. The second-order valence-corrected chi connectivity index (χ2v) is 17.2. The van der Waals surface area contributed by atoms with E-state index in [1.807, 2.05) is 0 Å². The quantitative estimate of drug-likeness (QED) is 0.190. The highest BCUT2D eigenvalue weighted by molar-refractivity contribution is 7.91. The van der Waals surface area contributed by atoms with E-state index in [4.69, 9.17) is 17.3 Å². The molecule has 1 saturated carbocycles. The van der Waals surface area contributed by atoms with Crippen molar-refractivity contribution in [3.05, 3.63) is 46.2 Å². The van der Waals surface area contributed by atoms with Crippen molar-refractivity contribution in [2.45, 2.75) is 101 Å². The second kappa shape index (κ2) is 15.1. The lowest BCUT2D eigenvalue weighted by Gasteiger charge is -2.37. The van der Waals surface area contributed by atoms with Crippen LogP contribution < -0.4 is 16.4 Å². The first kappa shape index (κ1) is 39.2. The summed E-state index contributed by atoms with van der Waals surface area (Å²) in [4.78, 5) is 68.7. The summed E-state index contributed by atoms with van der Waals surface area (Å²) in [7, 11) is -3.58. The van der Waals surface area contributed by atoms with Crippen LogP contribution in [0.4, 0.5) is 8.78 Å². The normalized spacial score (nSPS) is 22.4. The Morgan fingerprint density at radius 1 is 1.10 bits per heavy atom. The minimum Gasteiger partial charge on any atom is -0.384 e. The van der Waals surface area contributed by atoms with Gasteiger partial charge in [0, 0.05) is 13.0 Å². The van der Waals surface area contributed by atoms with Crippen molar-refractivity contribution < 1.29 is 46.3 Å². The van der Waals surface area contributed by atoms with Crippen LogP contribution in [0.15, 0.2) is 18.3 Å². The average molecular weight is 770 g/mol. The number of hydrogen-bond donors (Lipinski definition) is 4. The summed E-state index contributed by atoms with van der Waals surface area (Å²) in [5.74, 6) is -8.51. The van der Waals surface area contributed by atoms with Crippen molar-refractivity contribution in [3.8, 4) is 0 Å². The van der Waals surface area contributed by atoms with E-state index in [2.05, 4.69) is 20.9 Å². The molecule has 2 unspecified atom stereocenters. The number of nitrogens with zero attached hydrogens (tertiary/aromatic N) is 4. The molecule has 5 N–H and O–H groups in total. The third-order valence-corrected chi connectivity index (χ3v) is 12.2. The number of hydrogen-bond acceptors (Lipinski definition) is 10. The Hall–Kier alpha value is -4.03. The molecule has 4 amide bonds. The van der Waals surface area contributed by atoms with Crippen LogP contribution in [-0.2, 0) is 34.6 Å². The SMILES string of the molecule is CC(C)(O)c1cnnn1C1CC(C(=O)NC2(C(=O)C(N)=O)CCS(=O)(=O)CC2)N(C(=O)[C@@H](CC2CCCCC2)NC(=O)c2cc(F)c(Cl)cc2F)C1. The first-order chi connectivity index (χ1) is 24.3. The number of nitrogens with one attached hydrogen (secondary N) is 2. The predicted molar refractivity (Wildman–Crippen MR) is 181 cm³/mol. The Morgan fingerprint density at radius 2 is 1.75 bits per heavy atom. The van der Waals surface area contributed by atoms with Crippen LogP contribution >= 0.6 is 11.6 Å². The van der Waals surface area contributed by atoms with Crippen LogP contribution in [0.2, 0.25) is 5.02 Å². The van der Waals surface area contributed by atoms with Crippen LogP contribution in [0.1, 0.15) is 93.7 Å². The zero-order valence-electron chi connectivity index (χ0n) is 28.7. The minimum absolute atomic E-state index is 0.0294. The number of aliphatic hydroxyl groups is 1. The molecule has 3 aliphatic rings. The molecule has 1 aromatic carbocycles. The van der Waals surface area contributed by atoms with Gasteiger partial charge in [-0.25, -0.2) is 21.9 Å². The topological polar surface area (TPSA) is 224 Å². The van der Waals surface area contributed by atoms with Crippen LogP contribution in [-0.4, -0.2) is 98.5 Å². The number of benzene rings is 1. The lowest BCUT2D eigenvalue weighted by atomic mass is 9.84. The summed E-state index contributed by atoms with van der Waals surface area (Å²) in [5.41, 5.74) is 1.49. The van der Waals surface area contributed by atoms with Crippen molar-refractivity contribution in [1.82, 2.24) is 30.5 Å². The molecule has 3 heterocycles. The van der Waals surface area contributed by atoms with Gasteiger partial charge in [-0.3, -0.25) is 24.0 Å². The van der Waals surface area contributed by atoms with Gasteiger partial charge in [-0.1, -0.05) is 48.9 Å². The molecule has 5 rings (SSSR count). The molecule has 2 aliphatic heterocycles. The van der Waals surface area contributed by atoms with Crippen molar-refractivity contribution in [1.29, 1.82) is 0 Å². The fourth-order valence-electron chi connectivity index (χ4n) is 7.40. The largest absolute Gasteiger partial charge is 0.384 e. The molecular weight excluding hydrogens is 728 g/mol. The first-order valence-corrected chi connectivity index (χ1v) is 19.3. The number of aromatic nitrogens is 3. The third kappa shape index (κ3) is 8.44. The fourth-order valence-corrected chi connectivity index (χ4v) is 9.07. The molecule has 2 aromatic rings. The Balaban J connectivity index is 1.52.